The van der Waals surface area contributed by atoms with Crippen molar-refractivity contribution in [3.05, 3.63) is 12.7 Å². The molecular weight excluding hydrogens is 214 g/mol. The minimum absolute atomic E-state index is 0.156. The minimum Gasteiger partial charge on any atom is -0.355 e. The third-order valence-electron chi connectivity index (χ3n) is 2.42. The van der Waals surface area contributed by atoms with Crippen LogP contribution in [0.3, 0.4) is 0 Å². The molecule has 2 N–H and O–H groups in total. The molecule has 0 aromatic carbocycles. The van der Waals surface area contributed by atoms with Gasteiger partial charge in [-0.2, -0.15) is 0 Å². The quantitative estimate of drug-likeness (QED) is 0.419. The summed E-state index contributed by atoms with van der Waals surface area (Å²) in [5.41, 5.74) is 0. The van der Waals surface area contributed by atoms with Gasteiger partial charge in [0.2, 0.25) is 5.91 Å². The van der Waals surface area contributed by atoms with Crippen LogP contribution in [0.1, 0.15) is 25.7 Å². The maximum atomic E-state index is 11.4. The molecule has 100 valence electrons. The lowest BCUT2D eigenvalue weighted by Gasteiger charge is -2.10. The van der Waals surface area contributed by atoms with E-state index in [4.69, 9.17) is 0 Å². The van der Waals surface area contributed by atoms with Crippen molar-refractivity contribution in [3.8, 4) is 0 Å². The molecule has 4 nitrogen and oxygen atoms in total. The molecule has 0 saturated heterocycles. The van der Waals surface area contributed by atoms with E-state index in [0.29, 0.717) is 13.0 Å². The second-order valence-corrected chi connectivity index (χ2v) is 4.44. The Balaban J connectivity index is 3.19. The molecular formula is C13H27N3O. The highest BCUT2D eigenvalue weighted by molar-refractivity contribution is 5.75. The average Bonchev–Trinajstić information content (AvgIpc) is 2.29. The number of rotatable bonds is 11. The van der Waals surface area contributed by atoms with Gasteiger partial charge in [-0.05, 0) is 33.4 Å². The van der Waals surface area contributed by atoms with E-state index in [9.17, 15) is 4.79 Å². The molecule has 17 heavy (non-hydrogen) atoms. The maximum absolute atomic E-state index is 11.4. The first-order chi connectivity index (χ1) is 8.16. The highest BCUT2D eigenvalue weighted by Gasteiger charge is 1.99. The summed E-state index contributed by atoms with van der Waals surface area (Å²) in [6, 6.07) is 0. The van der Waals surface area contributed by atoms with Crippen LogP contribution < -0.4 is 10.6 Å². The molecule has 0 spiro atoms. The predicted octanol–water partition coefficient (Wildman–Crippen LogP) is 1.00. The van der Waals surface area contributed by atoms with Gasteiger partial charge in [0.1, 0.15) is 0 Å². The van der Waals surface area contributed by atoms with Crippen LogP contribution in [0.15, 0.2) is 12.7 Å². The molecule has 0 saturated carbocycles. The van der Waals surface area contributed by atoms with Crippen molar-refractivity contribution in [2.24, 2.45) is 0 Å². The summed E-state index contributed by atoms with van der Waals surface area (Å²) < 4.78 is 0. The summed E-state index contributed by atoms with van der Waals surface area (Å²) in [7, 11) is 4.10. The second-order valence-electron chi connectivity index (χ2n) is 4.44. The van der Waals surface area contributed by atoms with E-state index in [1.165, 1.54) is 0 Å². The molecule has 0 rings (SSSR count). The van der Waals surface area contributed by atoms with Crippen LogP contribution in [0, 0.1) is 0 Å². The molecule has 0 unspecified atom stereocenters. The van der Waals surface area contributed by atoms with Gasteiger partial charge >= 0.3 is 0 Å². The number of carbonyl (C=O) groups excluding carboxylic acids is 1. The van der Waals surface area contributed by atoms with Crippen LogP contribution in [0.4, 0.5) is 0 Å². The lowest BCUT2D eigenvalue weighted by molar-refractivity contribution is -0.121. The molecule has 0 aliphatic heterocycles. The van der Waals surface area contributed by atoms with Gasteiger partial charge in [-0.1, -0.05) is 6.08 Å². The summed E-state index contributed by atoms with van der Waals surface area (Å²) >= 11 is 0. The SMILES string of the molecule is C=CCCCCC(=O)NCCNCCN(C)C. The van der Waals surface area contributed by atoms with Gasteiger partial charge < -0.3 is 15.5 Å². The molecule has 0 aromatic heterocycles. The number of nitrogens with zero attached hydrogens (tertiary/aromatic N) is 1. The number of nitrogens with one attached hydrogen (secondary N) is 2. The lowest BCUT2D eigenvalue weighted by atomic mass is 10.2. The van der Waals surface area contributed by atoms with Gasteiger partial charge in [-0.15, -0.1) is 6.58 Å². The monoisotopic (exact) mass is 241 g/mol. The first-order valence-electron chi connectivity index (χ1n) is 6.40. The van der Waals surface area contributed by atoms with Crippen molar-refractivity contribution in [2.45, 2.75) is 25.7 Å². The van der Waals surface area contributed by atoms with Gasteiger partial charge in [0, 0.05) is 32.6 Å². The van der Waals surface area contributed by atoms with Crippen LogP contribution in [-0.4, -0.2) is 51.1 Å². The van der Waals surface area contributed by atoms with Gasteiger partial charge in [0.25, 0.3) is 0 Å². The molecule has 0 heterocycles. The molecule has 0 fully saturated rings. The van der Waals surface area contributed by atoms with Crippen molar-refractivity contribution in [1.29, 1.82) is 0 Å². The molecule has 4 heteroatoms. The van der Waals surface area contributed by atoms with Crippen LogP contribution in [0.5, 0.6) is 0 Å². The number of hydrogen-bond donors (Lipinski definition) is 2. The van der Waals surface area contributed by atoms with Crippen molar-refractivity contribution < 1.29 is 4.79 Å². The summed E-state index contributed by atoms with van der Waals surface area (Å²) in [5.74, 6) is 0.156. The highest BCUT2D eigenvalue weighted by Crippen LogP contribution is 1.99. The molecule has 0 atom stereocenters. The Morgan fingerprint density at radius 1 is 1.24 bits per heavy atom. The first-order valence-corrected chi connectivity index (χ1v) is 6.40. The van der Waals surface area contributed by atoms with Gasteiger partial charge in [-0.3, -0.25) is 4.79 Å². The third kappa shape index (κ3) is 13.1. The van der Waals surface area contributed by atoms with Crippen LogP contribution in [0.2, 0.25) is 0 Å². The zero-order valence-electron chi connectivity index (χ0n) is 11.3. The molecule has 0 aliphatic carbocycles. The lowest BCUT2D eigenvalue weighted by Crippen LogP contribution is -2.34. The third-order valence-corrected chi connectivity index (χ3v) is 2.42. The molecule has 0 aliphatic rings. The topological polar surface area (TPSA) is 44.4 Å². The van der Waals surface area contributed by atoms with E-state index in [0.717, 1.165) is 38.9 Å². The minimum atomic E-state index is 0.156. The molecule has 1 amide bonds. The fourth-order valence-corrected chi connectivity index (χ4v) is 1.38. The van der Waals surface area contributed by atoms with Crippen molar-refractivity contribution in [2.75, 3.05) is 40.3 Å². The van der Waals surface area contributed by atoms with E-state index in [2.05, 4.69) is 22.1 Å². The van der Waals surface area contributed by atoms with E-state index >= 15 is 0 Å². The fraction of sp³-hybridized carbons (Fsp3) is 0.769. The largest absolute Gasteiger partial charge is 0.355 e. The zero-order chi connectivity index (χ0) is 12.9. The van der Waals surface area contributed by atoms with Crippen molar-refractivity contribution in [3.63, 3.8) is 0 Å². The highest BCUT2D eigenvalue weighted by atomic mass is 16.1. The van der Waals surface area contributed by atoms with Gasteiger partial charge in [-0.25, -0.2) is 0 Å². The standard InChI is InChI=1S/C13H27N3O/c1-4-5-6-7-8-13(17)15-10-9-14-11-12-16(2)3/h4,14H,1,5-12H2,2-3H3,(H,15,17). The summed E-state index contributed by atoms with van der Waals surface area (Å²) in [5, 5.41) is 6.19. The van der Waals surface area contributed by atoms with E-state index in [-0.39, 0.29) is 5.91 Å². The fourth-order valence-electron chi connectivity index (χ4n) is 1.38. The van der Waals surface area contributed by atoms with Crippen LogP contribution in [0.25, 0.3) is 0 Å². The summed E-state index contributed by atoms with van der Waals surface area (Å²) in [6.07, 6.45) is 5.53. The number of likely N-dealkylation sites (N-methyl/N-ethyl adjacent to an activating group) is 1. The average molecular weight is 241 g/mol. The van der Waals surface area contributed by atoms with Crippen molar-refractivity contribution in [1.82, 2.24) is 15.5 Å². The number of unbranched alkanes of at least 4 members (excludes halogenated alkanes) is 2. The normalized spacial score (nSPS) is 10.5. The second kappa shape index (κ2) is 11.6. The van der Waals surface area contributed by atoms with Gasteiger partial charge in [0.15, 0.2) is 0 Å². The number of amides is 1. The smallest absolute Gasteiger partial charge is 0.220 e. The summed E-state index contributed by atoms with van der Waals surface area (Å²) in [6.45, 7) is 7.19. The zero-order valence-corrected chi connectivity index (χ0v) is 11.3. The van der Waals surface area contributed by atoms with Gasteiger partial charge in [0.05, 0.1) is 0 Å². The maximum Gasteiger partial charge on any atom is 0.220 e. The predicted molar refractivity (Wildman–Crippen MR) is 73.1 cm³/mol. The molecule has 0 radical (unpaired) electrons. The first kappa shape index (κ1) is 16.1. The molecule has 0 bridgehead atoms. The van der Waals surface area contributed by atoms with Crippen molar-refractivity contribution >= 4 is 5.91 Å². The Labute approximate surface area is 105 Å². The Bertz CT molecular complexity index is 205. The Morgan fingerprint density at radius 3 is 2.65 bits per heavy atom. The Kier molecular flexibility index (Phi) is 11.0. The van der Waals surface area contributed by atoms with Crippen LogP contribution >= 0.6 is 0 Å². The van der Waals surface area contributed by atoms with E-state index in [1.54, 1.807) is 0 Å². The number of allylic oxidation sites excluding steroid dienone is 1. The number of hydrogen-bond acceptors (Lipinski definition) is 3. The van der Waals surface area contributed by atoms with E-state index in [1.807, 2.05) is 20.2 Å². The number of carbonyl (C=O) groups is 1. The van der Waals surface area contributed by atoms with E-state index < -0.39 is 0 Å². The van der Waals surface area contributed by atoms with Crippen LogP contribution in [-0.2, 0) is 4.79 Å². The Hall–Kier alpha value is -0.870. The molecule has 0 aromatic rings. The summed E-state index contributed by atoms with van der Waals surface area (Å²) in [4.78, 5) is 13.5. The Morgan fingerprint density at radius 2 is 2.00 bits per heavy atom.